The van der Waals surface area contributed by atoms with Crippen LogP contribution in [0.15, 0.2) is 65.6 Å². The Morgan fingerprint density at radius 1 is 1.03 bits per heavy atom. The average Bonchev–Trinajstić information content (AvgIpc) is 3.37. The Bertz CT molecular complexity index is 1270. The highest BCUT2D eigenvalue weighted by Crippen LogP contribution is 2.48. The summed E-state index contributed by atoms with van der Waals surface area (Å²) in [5, 5.41) is 0.170. The molecule has 2 aliphatic rings. The number of amides is 1. The number of hydrogen-bond acceptors (Lipinski definition) is 7. The molecule has 9 heteroatoms. The van der Waals surface area contributed by atoms with Crippen molar-refractivity contribution in [1.82, 2.24) is 4.90 Å². The van der Waals surface area contributed by atoms with E-state index in [0.717, 1.165) is 47.2 Å². The number of benzene rings is 3. The zero-order valence-corrected chi connectivity index (χ0v) is 22.4. The Morgan fingerprint density at radius 3 is 2.76 bits per heavy atom. The fourth-order valence-electron chi connectivity index (χ4n) is 4.27. The van der Waals surface area contributed by atoms with Crippen LogP contribution < -0.4 is 23.8 Å². The van der Waals surface area contributed by atoms with E-state index in [1.54, 1.807) is 11.0 Å². The van der Waals surface area contributed by atoms with Gasteiger partial charge in [0, 0.05) is 41.7 Å². The van der Waals surface area contributed by atoms with Gasteiger partial charge in [-0.1, -0.05) is 23.7 Å². The number of carbonyl (C=O) groups is 1. The highest BCUT2D eigenvalue weighted by molar-refractivity contribution is 8.00. The van der Waals surface area contributed by atoms with Gasteiger partial charge in [0.25, 0.3) is 0 Å². The van der Waals surface area contributed by atoms with E-state index in [4.69, 9.17) is 30.5 Å². The Hall–Kier alpha value is -3.07. The quantitative estimate of drug-likeness (QED) is 0.308. The van der Waals surface area contributed by atoms with Crippen molar-refractivity contribution in [2.75, 3.05) is 52.1 Å². The molecule has 3 aromatic carbocycles. The maximum Gasteiger partial charge on any atom is 0.244 e. The van der Waals surface area contributed by atoms with Crippen LogP contribution in [0.25, 0.3) is 0 Å². The zero-order chi connectivity index (χ0) is 25.8. The van der Waals surface area contributed by atoms with Crippen molar-refractivity contribution in [3.63, 3.8) is 0 Å². The minimum absolute atomic E-state index is 0.0120. The molecule has 194 valence electrons. The summed E-state index contributed by atoms with van der Waals surface area (Å²) in [6.07, 6.45) is 0.830. The van der Waals surface area contributed by atoms with E-state index < -0.39 is 5.25 Å². The van der Waals surface area contributed by atoms with Gasteiger partial charge in [0.1, 0.15) is 23.4 Å². The van der Waals surface area contributed by atoms with Gasteiger partial charge in [-0.05, 0) is 55.9 Å². The van der Waals surface area contributed by atoms with Crippen LogP contribution in [0.1, 0.15) is 17.2 Å². The summed E-state index contributed by atoms with van der Waals surface area (Å²) in [6, 6.07) is 19.0. The van der Waals surface area contributed by atoms with Gasteiger partial charge in [-0.15, -0.1) is 11.8 Å². The van der Waals surface area contributed by atoms with Crippen LogP contribution >= 0.6 is 23.4 Å². The second-order valence-electron chi connectivity index (χ2n) is 8.91. The van der Waals surface area contributed by atoms with Crippen LogP contribution in [-0.2, 0) is 4.79 Å². The maximum atomic E-state index is 13.2. The van der Waals surface area contributed by atoms with Crippen LogP contribution in [0.5, 0.6) is 23.0 Å². The fourth-order valence-corrected chi connectivity index (χ4v) is 5.76. The number of hydrogen-bond donors (Lipinski definition) is 0. The molecule has 0 bridgehead atoms. The smallest absolute Gasteiger partial charge is 0.244 e. The van der Waals surface area contributed by atoms with E-state index in [1.165, 1.54) is 11.8 Å². The minimum atomic E-state index is -0.412. The van der Waals surface area contributed by atoms with Crippen LogP contribution in [0.4, 0.5) is 5.69 Å². The van der Waals surface area contributed by atoms with Crippen LogP contribution in [0, 0.1) is 0 Å². The van der Waals surface area contributed by atoms with Crippen LogP contribution in [0.2, 0.25) is 5.02 Å². The third kappa shape index (κ3) is 5.92. The van der Waals surface area contributed by atoms with Crippen LogP contribution in [-0.4, -0.2) is 58.0 Å². The first-order chi connectivity index (χ1) is 18.0. The lowest BCUT2D eigenvalue weighted by Gasteiger charge is -2.31. The summed E-state index contributed by atoms with van der Waals surface area (Å²) in [5.41, 5.74) is 1.72. The van der Waals surface area contributed by atoms with Crippen molar-refractivity contribution in [2.24, 2.45) is 0 Å². The lowest BCUT2D eigenvalue weighted by atomic mass is 10.1. The van der Waals surface area contributed by atoms with E-state index in [1.807, 2.05) is 61.6 Å². The number of likely N-dealkylation sites (N-methyl/N-ethyl adjacent to an activating group) is 2. The topological polar surface area (TPSA) is 60.5 Å². The Morgan fingerprint density at radius 2 is 1.86 bits per heavy atom. The summed E-state index contributed by atoms with van der Waals surface area (Å²) in [6.45, 7) is 2.97. The molecule has 0 radical (unpaired) electrons. The number of para-hydroxylation sites is 1. The highest BCUT2D eigenvalue weighted by atomic mass is 35.5. The molecule has 1 amide bonds. The lowest BCUT2D eigenvalue weighted by Crippen LogP contribution is -2.33. The lowest BCUT2D eigenvalue weighted by molar-refractivity contribution is -0.118. The molecule has 2 heterocycles. The molecule has 0 spiro atoms. The Balaban J connectivity index is 1.12. The van der Waals surface area contributed by atoms with Crippen molar-refractivity contribution in [3.8, 4) is 23.0 Å². The standard InChI is InChI=1S/C28H29ClN2O5S/c1-30(13-15-33-20-9-11-24-25(17-20)36-18-35-24)12-5-14-34-23-10-8-19(29)16-21(23)27-28(32)31(2)22-6-3-4-7-26(22)37-27/h3-4,6-11,16-17,27H,5,12-15,18H2,1-2H3/t27-/m1/s1. The molecule has 37 heavy (non-hydrogen) atoms. The number of fused-ring (bicyclic) bond motifs is 2. The second-order valence-corrected chi connectivity index (χ2v) is 10.5. The molecular formula is C28H29ClN2O5S. The molecule has 3 aromatic rings. The first kappa shape index (κ1) is 25.6. The molecule has 0 aromatic heterocycles. The SMILES string of the molecule is CN(CCCOc1ccc(Cl)cc1[C@H]1Sc2ccccc2N(C)C1=O)CCOc1ccc2c(c1)OCO2. The molecule has 0 aliphatic carbocycles. The second kappa shape index (κ2) is 11.5. The van der Waals surface area contributed by atoms with Gasteiger partial charge in [-0.25, -0.2) is 0 Å². The largest absolute Gasteiger partial charge is 0.493 e. The Labute approximate surface area is 226 Å². The number of rotatable bonds is 10. The molecular weight excluding hydrogens is 512 g/mol. The summed E-state index contributed by atoms with van der Waals surface area (Å²) in [4.78, 5) is 18.2. The van der Waals surface area contributed by atoms with Gasteiger partial charge in [-0.2, -0.15) is 0 Å². The number of thioether (sulfide) groups is 1. The molecule has 1 atom stereocenters. The number of anilines is 1. The van der Waals surface area contributed by atoms with E-state index in [-0.39, 0.29) is 12.7 Å². The van der Waals surface area contributed by atoms with Gasteiger partial charge >= 0.3 is 0 Å². The summed E-state index contributed by atoms with van der Waals surface area (Å²) < 4.78 is 22.7. The van der Waals surface area contributed by atoms with Crippen molar-refractivity contribution in [2.45, 2.75) is 16.6 Å². The van der Waals surface area contributed by atoms with Gasteiger partial charge in [0.2, 0.25) is 12.7 Å². The van der Waals surface area contributed by atoms with Crippen LogP contribution in [0.3, 0.4) is 0 Å². The summed E-state index contributed by atoms with van der Waals surface area (Å²) in [7, 11) is 3.87. The van der Waals surface area contributed by atoms with Crippen molar-refractivity contribution in [3.05, 3.63) is 71.2 Å². The van der Waals surface area contributed by atoms with Crippen molar-refractivity contribution >= 4 is 35.0 Å². The molecule has 5 rings (SSSR count). The van der Waals surface area contributed by atoms with Gasteiger partial charge < -0.3 is 28.7 Å². The van der Waals surface area contributed by atoms with Gasteiger partial charge in [0.05, 0.1) is 12.3 Å². The van der Waals surface area contributed by atoms with E-state index in [2.05, 4.69) is 11.9 Å². The molecule has 0 fully saturated rings. The third-order valence-corrected chi connectivity index (χ3v) is 7.83. The predicted molar refractivity (Wildman–Crippen MR) is 146 cm³/mol. The van der Waals surface area contributed by atoms with Gasteiger partial charge in [0.15, 0.2) is 11.5 Å². The molecule has 7 nitrogen and oxygen atoms in total. The maximum absolute atomic E-state index is 13.2. The van der Waals surface area contributed by atoms with E-state index >= 15 is 0 Å². The number of halogens is 1. The molecule has 0 saturated heterocycles. The molecule has 0 N–H and O–H groups in total. The molecule has 0 saturated carbocycles. The normalized spacial score (nSPS) is 16.2. The van der Waals surface area contributed by atoms with E-state index in [9.17, 15) is 4.79 Å². The fraction of sp³-hybridized carbons (Fsp3) is 0.321. The Kier molecular flexibility index (Phi) is 7.98. The minimum Gasteiger partial charge on any atom is -0.493 e. The molecule has 2 aliphatic heterocycles. The summed E-state index contributed by atoms with van der Waals surface area (Å²) in [5.74, 6) is 2.93. The number of ether oxygens (including phenoxy) is 4. The van der Waals surface area contributed by atoms with Crippen molar-refractivity contribution < 1.29 is 23.7 Å². The highest BCUT2D eigenvalue weighted by Gasteiger charge is 2.34. The number of carbonyl (C=O) groups excluding carboxylic acids is 1. The molecule has 0 unspecified atom stereocenters. The predicted octanol–water partition coefficient (Wildman–Crippen LogP) is 5.66. The van der Waals surface area contributed by atoms with E-state index in [0.29, 0.717) is 29.7 Å². The number of nitrogens with zero attached hydrogens (tertiary/aromatic N) is 2. The summed E-state index contributed by atoms with van der Waals surface area (Å²) >= 11 is 7.86. The van der Waals surface area contributed by atoms with Gasteiger partial charge in [-0.3, -0.25) is 4.79 Å². The third-order valence-electron chi connectivity index (χ3n) is 6.31. The van der Waals surface area contributed by atoms with Crippen molar-refractivity contribution in [1.29, 1.82) is 0 Å². The monoisotopic (exact) mass is 540 g/mol. The zero-order valence-electron chi connectivity index (χ0n) is 20.8. The average molecular weight is 541 g/mol. The first-order valence-electron chi connectivity index (χ1n) is 12.2. The first-order valence-corrected chi connectivity index (χ1v) is 13.4.